The number of hydrogen-bond acceptors (Lipinski definition) is 3. The maximum atomic E-state index is 13.6. The lowest BCUT2D eigenvalue weighted by Crippen LogP contribution is -2.32. The largest absolute Gasteiger partial charge is 0.370 e. The average molecular weight is 373 g/mol. The summed E-state index contributed by atoms with van der Waals surface area (Å²) < 4.78 is 13.6. The molecule has 0 aliphatic carbocycles. The number of carbonyl (C=O) groups is 1. The lowest BCUT2D eigenvalue weighted by molar-refractivity contribution is 0.252. The second-order valence-corrected chi connectivity index (χ2v) is 7.55. The molecule has 0 radical (unpaired) electrons. The summed E-state index contributed by atoms with van der Waals surface area (Å²) >= 11 is 1.99. The second-order valence-electron chi connectivity index (χ2n) is 6.32. The van der Waals surface area contributed by atoms with Gasteiger partial charge < -0.3 is 15.5 Å². The third kappa shape index (κ3) is 4.91. The molecule has 26 heavy (non-hydrogen) atoms. The summed E-state index contributed by atoms with van der Waals surface area (Å²) in [6.45, 7) is 4.51. The van der Waals surface area contributed by atoms with Crippen LogP contribution in [-0.4, -0.2) is 37.2 Å². The van der Waals surface area contributed by atoms with Crippen molar-refractivity contribution in [2.24, 2.45) is 0 Å². The van der Waals surface area contributed by atoms with E-state index in [9.17, 15) is 9.18 Å². The van der Waals surface area contributed by atoms with E-state index >= 15 is 0 Å². The van der Waals surface area contributed by atoms with Gasteiger partial charge in [0, 0.05) is 42.5 Å². The van der Waals surface area contributed by atoms with Gasteiger partial charge in [-0.15, -0.1) is 0 Å². The molecule has 0 unspecified atom stereocenters. The Labute approximate surface area is 158 Å². The fourth-order valence-corrected chi connectivity index (χ4v) is 3.89. The minimum Gasteiger partial charge on any atom is -0.370 e. The summed E-state index contributed by atoms with van der Waals surface area (Å²) in [6.07, 6.45) is 0.463. The molecule has 0 aromatic heterocycles. The molecule has 0 bridgehead atoms. The monoisotopic (exact) mass is 373 g/mol. The van der Waals surface area contributed by atoms with E-state index in [1.165, 1.54) is 11.8 Å². The Morgan fingerprint density at radius 1 is 1.19 bits per heavy atom. The molecule has 1 aliphatic heterocycles. The zero-order valence-corrected chi connectivity index (χ0v) is 15.7. The summed E-state index contributed by atoms with van der Waals surface area (Å²) in [7, 11) is 0. The van der Waals surface area contributed by atoms with Crippen LogP contribution in [0.5, 0.6) is 0 Å². The van der Waals surface area contributed by atoms with Crippen molar-refractivity contribution in [3.8, 4) is 0 Å². The van der Waals surface area contributed by atoms with Crippen molar-refractivity contribution in [2.75, 3.05) is 41.4 Å². The lowest BCUT2D eigenvalue weighted by atomic mass is 10.1. The van der Waals surface area contributed by atoms with Crippen LogP contribution in [0, 0.1) is 12.7 Å². The first-order valence-electron chi connectivity index (χ1n) is 8.85. The van der Waals surface area contributed by atoms with Gasteiger partial charge in [-0.05, 0) is 48.7 Å². The van der Waals surface area contributed by atoms with Crippen LogP contribution in [0.1, 0.15) is 11.1 Å². The van der Waals surface area contributed by atoms with Crippen LogP contribution in [0.15, 0.2) is 42.5 Å². The third-order valence-electron chi connectivity index (χ3n) is 4.47. The van der Waals surface area contributed by atoms with Gasteiger partial charge in [-0.25, -0.2) is 9.18 Å². The minimum atomic E-state index is -0.272. The van der Waals surface area contributed by atoms with Gasteiger partial charge in [0.1, 0.15) is 5.82 Å². The Bertz CT molecular complexity index is 762. The van der Waals surface area contributed by atoms with E-state index in [4.69, 9.17) is 0 Å². The Hall–Kier alpha value is -2.21. The maximum absolute atomic E-state index is 13.6. The van der Waals surface area contributed by atoms with Crippen LogP contribution in [0.2, 0.25) is 0 Å². The van der Waals surface area contributed by atoms with Crippen molar-refractivity contribution in [2.45, 2.75) is 13.3 Å². The van der Waals surface area contributed by atoms with Gasteiger partial charge in [0.05, 0.1) is 0 Å². The van der Waals surface area contributed by atoms with Gasteiger partial charge in [0.25, 0.3) is 0 Å². The number of carbonyl (C=O) groups excluding carboxylic acids is 1. The zero-order valence-electron chi connectivity index (χ0n) is 14.9. The maximum Gasteiger partial charge on any atom is 0.319 e. The van der Waals surface area contributed by atoms with E-state index in [-0.39, 0.29) is 11.8 Å². The first-order chi connectivity index (χ1) is 12.6. The number of nitrogens with zero attached hydrogens (tertiary/aromatic N) is 1. The quantitative estimate of drug-likeness (QED) is 0.831. The molecule has 138 valence electrons. The summed E-state index contributed by atoms with van der Waals surface area (Å²) in [5, 5.41) is 5.66. The fraction of sp³-hybridized carbons (Fsp3) is 0.350. The SMILES string of the molecule is Cc1cc(N2CCSCC2)ccc1NC(=O)NCCc1ccccc1F. The number of rotatable bonds is 5. The number of benzene rings is 2. The van der Waals surface area contributed by atoms with Crippen molar-refractivity contribution in [3.05, 3.63) is 59.4 Å². The molecule has 1 saturated heterocycles. The smallest absolute Gasteiger partial charge is 0.319 e. The van der Waals surface area contributed by atoms with E-state index in [0.29, 0.717) is 18.5 Å². The lowest BCUT2D eigenvalue weighted by Gasteiger charge is -2.29. The molecular formula is C20H24FN3OS. The van der Waals surface area contributed by atoms with Gasteiger partial charge >= 0.3 is 6.03 Å². The summed E-state index contributed by atoms with van der Waals surface area (Å²) in [6, 6.07) is 12.5. The first kappa shape index (κ1) is 18.6. The standard InChI is InChI=1S/C20H24FN3OS/c1-15-14-17(24-10-12-26-13-11-24)6-7-19(15)23-20(25)22-9-8-16-4-2-3-5-18(16)21/h2-7,14H,8-13H2,1H3,(H2,22,23,25). The van der Waals surface area contributed by atoms with Crippen LogP contribution in [0.3, 0.4) is 0 Å². The van der Waals surface area contributed by atoms with E-state index < -0.39 is 0 Å². The second kappa shape index (κ2) is 8.94. The summed E-state index contributed by atoms with van der Waals surface area (Å²) in [4.78, 5) is 14.5. The molecule has 0 atom stereocenters. The van der Waals surface area contributed by atoms with Crippen molar-refractivity contribution < 1.29 is 9.18 Å². The predicted molar refractivity (Wildman–Crippen MR) is 108 cm³/mol. The van der Waals surface area contributed by atoms with Crippen molar-refractivity contribution in [1.82, 2.24) is 5.32 Å². The highest BCUT2D eigenvalue weighted by molar-refractivity contribution is 7.99. The van der Waals surface area contributed by atoms with Crippen molar-refractivity contribution >= 4 is 29.2 Å². The predicted octanol–water partition coefficient (Wildman–Crippen LogP) is 4.05. The Morgan fingerprint density at radius 2 is 1.96 bits per heavy atom. The Balaban J connectivity index is 1.51. The highest BCUT2D eigenvalue weighted by Crippen LogP contribution is 2.24. The van der Waals surface area contributed by atoms with E-state index in [2.05, 4.69) is 27.7 Å². The van der Waals surface area contributed by atoms with Gasteiger partial charge in [0.2, 0.25) is 0 Å². The molecule has 0 saturated carbocycles. The molecule has 0 spiro atoms. The topological polar surface area (TPSA) is 44.4 Å². The van der Waals surface area contributed by atoms with Crippen LogP contribution in [0.25, 0.3) is 0 Å². The minimum absolute atomic E-state index is 0.239. The number of halogens is 1. The van der Waals surface area contributed by atoms with Crippen LogP contribution >= 0.6 is 11.8 Å². The Kier molecular flexibility index (Phi) is 6.39. The number of urea groups is 1. The van der Waals surface area contributed by atoms with Gasteiger partial charge in [-0.1, -0.05) is 18.2 Å². The van der Waals surface area contributed by atoms with E-state index in [1.807, 2.05) is 24.8 Å². The highest BCUT2D eigenvalue weighted by Gasteiger charge is 2.13. The summed E-state index contributed by atoms with van der Waals surface area (Å²) in [5.41, 5.74) is 3.63. The Morgan fingerprint density at radius 3 is 2.69 bits per heavy atom. The molecule has 2 aromatic rings. The molecule has 3 rings (SSSR count). The first-order valence-corrected chi connectivity index (χ1v) is 10.0. The molecule has 6 heteroatoms. The van der Waals surface area contributed by atoms with Crippen LogP contribution < -0.4 is 15.5 Å². The number of anilines is 2. The number of nitrogens with one attached hydrogen (secondary N) is 2. The molecular weight excluding hydrogens is 349 g/mol. The number of amides is 2. The van der Waals surface area contributed by atoms with Crippen LogP contribution in [0.4, 0.5) is 20.6 Å². The third-order valence-corrected chi connectivity index (χ3v) is 5.41. The molecule has 1 aliphatic rings. The van der Waals surface area contributed by atoms with Crippen molar-refractivity contribution in [1.29, 1.82) is 0 Å². The average Bonchev–Trinajstić information content (AvgIpc) is 2.66. The molecule has 1 fully saturated rings. The molecule has 2 N–H and O–H groups in total. The fourth-order valence-electron chi connectivity index (χ4n) is 2.98. The van der Waals surface area contributed by atoms with Gasteiger partial charge in [-0.2, -0.15) is 11.8 Å². The zero-order chi connectivity index (χ0) is 18.4. The van der Waals surface area contributed by atoms with Gasteiger partial charge in [-0.3, -0.25) is 0 Å². The number of thioether (sulfide) groups is 1. The molecule has 4 nitrogen and oxygen atoms in total. The van der Waals surface area contributed by atoms with Crippen LogP contribution in [-0.2, 0) is 6.42 Å². The normalized spacial score (nSPS) is 14.2. The molecule has 2 amide bonds. The highest BCUT2D eigenvalue weighted by atomic mass is 32.2. The van der Waals surface area contributed by atoms with Crippen molar-refractivity contribution in [3.63, 3.8) is 0 Å². The molecule has 1 heterocycles. The number of aryl methyl sites for hydroxylation is 1. The van der Waals surface area contributed by atoms with E-state index in [1.54, 1.807) is 18.2 Å². The van der Waals surface area contributed by atoms with E-state index in [0.717, 1.165) is 35.8 Å². The van der Waals surface area contributed by atoms with Gasteiger partial charge in [0.15, 0.2) is 0 Å². The molecule has 2 aromatic carbocycles. The summed E-state index contributed by atoms with van der Waals surface area (Å²) in [5.74, 6) is 2.07. The number of hydrogen-bond donors (Lipinski definition) is 2.